The molecule has 2 unspecified atom stereocenters. The molecule has 0 heterocycles. The Morgan fingerprint density at radius 2 is 2.00 bits per heavy atom. The van der Waals surface area contributed by atoms with E-state index >= 15 is 0 Å². The second-order valence-electron chi connectivity index (χ2n) is 7.82. The second-order valence-corrected chi connectivity index (χ2v) is 7.82. The van der Waals surface area contributed by atoms with E-state index in [4.69, 9.17) is 4.74 Å². The van der Waals surface area contributed by atoms with Gasteiger partial charge in [0, 0.05) is 18.6 Å². The summed E-state index contributed by atoms with van der Waals surface area (Å²) in [5.74, 6) is 0.910. The van der Waals surface area contributed by atoms with E-state index in [0.29, 0.717) is 18.6 Å². The van der Waals surface area contributed by atoms with Gasteiger partial charge in [-0.25, -0.2) is 4.79 Å². The lowest BCUT2D eigenvalue weighted by Crippen LogP contribution is -2.46. The number of ether oxygens (including phenoxy) is 1. The zero-order valence-electron chi connectivity index (χ0n) is 15.2. The van der Waals surface area contributed by atoms with E-state index in [2.05, 4.69) is 24.5 Å². The number of unbranched alkanes of at least 4 members (excludes halogenated alkanes) is 1. The molecule has 0 radical (unpaired) electrons. The van der Waals surface area contributed by atoms with Crippen LogP contribution in [0.3, 0.4) is 0 Å². The summed E-state index contributed by atoms with van der Waals surface area (Å²) < 4.78 is 5.31. The molecule has 0 aromatic rings. The lowest BCUT2D eigenvalue weighted by molar-refractivity contribution is 0.0520. The summed E-state index contributed by atoms with van der Waals surface area (Å²) in [7, 11) is 0. The number of rotatable bonds is 9. The van der Waals surface area contributed by atoms with Gasteiger partial charge in [-0.15, -0.1) is 0 Å². The van der Waals surface area contributed by atoms with Crippen molar-refractivity contribution in [2.75, 3.05) is 6.54 Å². The fraction of sp³-hybridized carbons (Fsp3) is 0.944. The molecule has 0 spiro atoms. The highest BCUT2D eigenvalue weighted by Crippen LogP contribution is 2.30. The smallest absolute Gasteiger partial charge is 0.407 e. The Hall–Kier alpha value is -0.770. The van der Waals surface area contributed by atoms with E-state index in [1.807, 2.05) is 20.8 Å². The summed E-state index contributed by atoms with van der Waals surface area (Å²) in [6.07, 6.45) is 8.59. The highest BCUT2D eigenvalue weighted by molar-refractivity contribution is 5.67. The lowest BCUT2D eigenvalue weighted by atomic mass is 9.81. The zero-order chi connectivity index (χ0) is 16.6. The van der Waals surface area contributed by atoms with Crippen molar-refractivity contribution >= 4 is 6.09 Å². The molecular weight excluding hydrogens is 276 g/mol. The lowest BCUT2D eigenvalue weighted by Gasteiger charge is -2.31. The number of hydrogen-bond acceptors (Lipinski definition) is 3. The molecule has 22 heavy (non-hydrogen) atoms. The third-order valence-electron chi connectivity index (χ3n) is 4.23. The van der Waals surface area contributed by atoms with Crippen molar-refractivity contribution in [3.05, 3.63) is 0 Å². The van der Waals surface area contributed by atoms with E-state index in [9.17, 15) is 4.79 Å². The van der Waals surface area contributed by atoms with Gasteiger partial charge >= 0.3 is 6.09 Å². The zero-order valence-corrected chi connectivity index (χ0v) is 15.2. The molecule has 0 bridgehead atoms. The molecule has 0 saturated heterocycles. The summed E-state index contributed by atoms with van der Waals surface area (Å²) >= 11 is 0. The summed E-state index contributed by atoms with van der Waals surface area (Å²) in [5, 5.41) is 6.61. The normalized spacial score (nSPS) is 18.4. The summed E-state index contributed by atoms with van der Waals surface area (Å²) in [6.45, 7) is 10.8. The summed E-state index contributed by atoms with van der Waals surface area (Å²) in [5.41, 5.74) is -0.437. The minimum absolute atomic E-state index is 0.317. The number of carbonyl (C=O) groups excluding carboxylic acids is 1. The largest absolute Gasteiger partial charge is 0.444 e. The van der Waals surface area contributed by atoms with Crippen LogP contribution in [-0.4, -0.2) is 30.3 Å². The maximum absolute atomic E-state index is 11.8. The average Bonchev–Trinajstić information content (AvgIpc) is 2.35. The minimum atomic E-state index is -0.437. The van der Waals surface area contributed by atoms with Crippen molar-refractivity contribution in [3.63, 3.8) is 0 Å². The molecule has 2 N–H and O–H groups in total. The summed E-state index contributed by atoms with van der Waals surface area (Å²) in [6, 6.07) is 0.857. The van der Waals surface area contributed by atoms with Crippen LogP contribution >= 0.6 is 0 Å². The number of alkyl carbamates (subject to hydrolysis) is 1. The van der Waals surface area contributed by atoms with Gasteiger partial charge < -0.3 is 15.4 Å². The number of amides is 1. The van der Waals surface area contributed by atoms with Gasteiger partial charge in [-0.05, 0) is 46.5 Å². The van der Waals surface area contributed by atoms with Crippen molar-refractivity contribution in [1.29, 1.82) is 0 Å². The van der Waals surface area contributed by atoms with Crippen LogP contribution in [0.25, 0.3) is 0 Å². The molecule has 130 valence electrons. The van der Waals surface area contributed by atoms with Crippen molar-refractivity contribution in [3.8, 4) is 0 Å². The van der Waals surface area contributed by atoms with Gasteiger partial charge in [-0.1, -0.05) is 39.0 Å². The molecular formula is C18H36N2O2. The van der Waals surface area contributed by atoms with Gasteiger partial charge in [0.15, 0.2) is 0 Å². The van der Waals surface area contributed by atoms with E-state index in [0.717, 1.165) is 12.3 Å². The molecule has 1 fully saturated rings. The van der Waals surface area contributed by atoms with Crippen molar-refractivity contribution < 1.29 is 9.53 Å². The predicted molar refractivity (Wildman–Crippen MR) is 92.1 cm³/mol. The Morgan fingerprint density at radius 3 is 2.50 bits per heavy atom. The summed E-state index contributed by atoms with van der Waals surface area (Å²) in [4.78, 5) is 11.8. The first-order chi connectivity index (χ1) is 10.3. The first-order valence-electron chi connectivity index (χ1n) is 9.03. The van der Waals surface area contributed by atoms with Gasteiger partial charge in [0.05, 0.1) is 0 Å². The van der Waals surface area contributed by atoms with Gasteiger partial charge in [-0.3, -0.25) is 0 Å². The molecule has 4 heteroatoms. The molecule has 4 nitrogen and oxygen atoms in total. The van der Waals surface area contributed by atoms with Gasteiger partial charge in [-0.2, -0.15) is 0 Å². The predicted octanol–water partition coefficient (Wildman–Crippen LogP) is 4.24. The van der Waals surface area contributed by atoms with E-state index in [-0.39, 0.29) is 6.09 Å². The van der Waals surface area contributed by atoms with Gasteiger partial charge in [0.25, 0.3) is 0 Å². The molecule has 1 amide bonds. The number of hydrogen-bond donors (Lipinski definition) is 2. The fourth-order valence-corrected chi connectivity index (χ4v) is 2.91. The minimum Gasteiger partial charge on any atom is -0.444 e. The van der Waals surface area contributed by atoms with Crippen molar-refractivity contribution in [2.24, 2.45) is 5.92 Å². The number of nitrogens with one attached hydrogen (secondary N) is 2. The van der Waals surface area contributed by atoms with Crippen LogP contribution < -0.4 is 10.6 Å². The average molecular weight is 312 g/mol. The van der Waals surface area contributed by atoms with E-state index < -0.39 is 5.60 Å². The molecule has 1 aliphatic rings. The van der Waals surface area contributed by atoms with Gasteiger partial charge in [0.2, 0.25) is 0 Å². The third kappa shape index (κ3) is 8.62. The molecule has 1 rings (SSSR count). The number of carbonyl (C=O) groups is 1. The molecule has 0 aromatic heterocycles. The molecule has 0 aliphatic heterocycles. The highest BCUT2D eigenvalue weighted by atomic mass is 16.6. The molecule has 1 aliphatic carbocycles. The van der Waals surface area contributed by atoms with Crippen LogP contribution in [0.4, 0.5) is 4.79 Å². The van der Waals surface area contributed by atoms with E-state index in [1.165, 1.54) is 38.5 Å². The Kier molecular flexibility index (Phi) is 8.23. The van der Waals surface area contributed by atoms with Crippen LogP contribution in [-0.2, 0) is 4.74 Å². The highest BCUT2D eigenvalue weighted by Gasteiger charge is 2.22. The first kappa shape index (κ1) is 19.3. The maximum Gasteiger partial charge on any atom is 0.407 e. The SMILES string of the molecule is CCCCC(CNC(=O)OC(C)(C)C)NC(C)CC1CCC1. The molecule has 0 aromatic carbocycles. The van der Waals surface area contributed by atoms with Crippen LogP contribution in [0.5, 0.6) is 0 Å². The Balaban J connectivity index is 2.33. The van der Waals surface area contributed by atoms with Crippen LogP contribution in [0, 0.1) is 5.92 Å². The fourth-order valence-electron chi connectivity index (χ4n) is 2.91. The van der Waals surface area contributed by atoms with Crippen LogP contribution in [0.1, 0.15) is 79.6 Å². The monoisotopic (exact) mass is 312 g/mol. The first-order valence-corrected chi connectivity index (χ1v) is 9.03. The van der Waals surface area contributed by atoms with Crippen molar-refractivity contribution in [2.45, 2.75) is 97.2 Å². The van der Waals surface area contributed by atoms with Crippen LogP contribution in [0.15, 0.2) is 0 Å². The second kappa shape index (κ2) is 9.39. The standard InChI is InChI=1S/C18H36N2O2/c1-6-7-11-16(13-19-17(21)22-18(3,4)5)20-14(2)12-15-9-8-10-15/h14-16,20H,6-13H2,1-5H3,(H,19,21). The molecule has 2 atom stereocenters. The Morgan fingerprint density at radius 1 is 1.32 bits per heavy atom. The Bertz CT molecular complexity index is 322. The van der Waals surface area contributed by atoms with Crippen LogP contribution in [0.2, 0.25) is 0 Å². The molecule has 1 saturated carbocycles. The van der Waals surface area contributed by atoms with Gasteiger partial charge in [0.1, 0.15) is 5.60 Å². The third-order valence-corrected chi connectivity index (χ3v) is 4.23. The van der Waals surface area contributed by atoms with Crippen molar-refractivity contribution in [1.82, 2.24) is 10.6 Å². The topological polar surface area (TPSA) is 50.4 Å². The Labute approximate surface area is 136 Å². The van der Waals surface area contributed by atoms with E-state index in [1.54, 1.807) is 0 Å². The maximum atomic E-state index is 11.8. The quantitative estimate of drug-likeness (QED) is 0.669.